The van der Waals surface area contributed by atoms with Gasteiger partial charge in [0.15, 0.2) is 11.5 Å². The summed E-state index contributed by atoms with van der Waals surface area (Å²) in [6, 6.07) is 9.55. The maximum Gasteiger partial charge on any atom is 0.434 e. The molecule has 0 aliphatic carbocycles. The zero-order valence-corrected chi connectivity index (χ0v) is 18.7. The molecule has 1 aliphatic heterocycles. The average molecular weight is 500 g/mol. The number of rotatable bonds is 5. The van der Waals surface area contributed by atoms with Crippen LogP contribution in [-0.4, -0.2) is 30.4 Å². The van der Waals surface area contributed by atoms with Crippen LogP contribution in [0.1, 0.15) is 28.9 Å². The molecule has 1 amide bonds. The molecule has 0 saturated heterocycles. The Morgan fingerprint density at radius 1 is 1.06 bits per heavy atom. The monoisotopic (exact) mass is 500 g/mol. The second kappa shape index (κ2) is 8.77. The second-order valence-corrected chi connectivity index (χ2v) is 8.19. The highest BCUT2D eigenvalue weighted by Crippen LogP contribution is 2.34. The van der Waals surface area contributed by atoms with Crippen LogP contribution >= 0.6 is 0 Å². The van der Waals surface area contributed by atoms with Crippen LogP contribution < -0.4 is 4.90 Å². The second-order valence-electron chi connectivity index (χ2n) is 8.19. The number of anilines is 1. The van der Waals surface area contributed by atoms with E-state index in [2.05, 4.69) is 19.9 Å². The van der Waals surface area contributed by atoms with E-state index < -0.39 is 24.0 Å². The fraction of sp³-hybridized carbons (Fsp3) is 0.208. The van der Waals surface area contributed by atoms with Gasteiger partial charge >= 0.3 is 6.18 Å². The molecule has 3 aromatic heterocycles. The van der Waals surface area contributed by atoms with Crippen molar-refractivity contribution >= 4 is 11.7 Å². The minimum absolute atomic E-state index is 0.0300. The molecule has 0 bridgehead atoms. The molecule has 5 rings (SSSR count). The predicted octanol–water partition coefficient (Wildman–Crippen LogP) is 4.98. The summed E-state index contributed by atoms with van der Waals surface area (Å²) in [4.78, 5) is 30.1. The molecule has 0 atom stereocenters. The normalized spacial score (nSPS) is 13.5. The Morgan fingerprint density at radius 3 is 2.47 bits per heavy atom. The van der Waals surface area contributed by atoms with Crippen molar-refractivity contribution in [2.45, 2.75) is 25.6 Å². The number of alkyl halides is 5. The van der Waals surface area contributed by atoms with E-state index in [1.54, 1.807) is 24.3 Å². The highest BCUT2D eigenvalue weighted by Gasteiger charge is 2.35. The number of carbonyl (C=O) groups is 1. The Morgan fingerprint density at radius 2 is 1.81 bits per heavy atom. The third-order valence-corrected chi connectivity index (χ3v) is 5.75. The predicted molar refractivity (Wildman–Crippen MR) is 119 cm³/mol. The maximum absolute atomic E-state index is 13.4. The minimum atomic E-state index is -4.55. The number of pyridine rings is 1. The lowest BCUT2D eigenvalue weighted by atomic mass is 10.1. The van der Waals surface area contributed by atoms with Crippen molar-refractivity contribution in [1.29, 1.82) is 0 Å². The van der Waals surface area contributed by atoms with Crippen LogP contribution in [0.5, 0.6) is 0 Å². The van der Waals surface area contributed by atoms with Gasteiger partial charge in [-0.1, -0.05) is 24.3 Å². The minimum Gasteiger partial charge on any atom is -0.333 e. The zero-order valence-electron chi connectivity index (χ0n) is 18.7. The SMILES string of the molecule is Cn1cc(C(F)(F)F)nc1-c1ccc(CN2C(=O)Cc3cnc(-c4cccnc4C(F)F)nc32)cc1. The molecular weight excluding hydrogens is 483 g/mol. The molecule has 0 radical (unpaired) electrons. The quantitative estimate of drug-likeness (QED) is 0.361. The molecule has 4 aromatic rings. The molecule has 7 nitrogen and oxygen atoms in total. The first-order valence-corrected chi connectivity index (χ1v) is 10.7. The number of carbonyl (C=O) groups excluding carboxylic acids is 1. The highest BCUT2D eigenvalue weighted by atomic mass is 19.4. The summed E-state index contributed by atoms with van der Waals surface area (Å²) in [5.74, 6) is 0.263. The van der Waals surface area contributed by atoms with Gasteiger partial charge in [0.1, 0.15) is 17.3 Å². The van der Waals surface area contributed by atoms with E-state index >= 15 is 0 Å². The lowest BCUT2D eigenvalue weighted by Gasteiger charge is -2.17. The van der Waals surface area contributed by atoms with Gasteiger partial charge in [0.05, 0.1) is 13.0 Å². The van der Waals surface area contributed by atoms with E-state index in [0.29, 0.717) is 22.5 Å². The number of amides is 1. The summed E-state index contributed by atoms with van der Waals surface area (Å²) >= 11 is 0. The van der Waals surface area contributed by atoms with Gasteiger partial charge in [-0.2, -0.15) is 13.2 Å². The number of aromatic nitrogens is 5. The van der Waals surface area contributed by atoms with Gasteiger partial charge in [-0.25, -0.2) is 23.7 Å². The van der Waals surface area contributed by atoms with Crippen molar-refractivity contribution in [2.75, 3.05) is 4.90 Å². The van der Waals surface area contributed by atoms with Crippen molar-refractivity contribution in [3.8, 4) is 22.8 Å². The van der Waals surface area contributed by atoms with Gasteiger partial charge in [-0.3, -0.25) is 14.7 Å². The fourth-order valence-corrected chi connectivity index (χ4v) is 4.02. The molecule has 0 saturated carbocycles. The molecule has 0 fully saturated rings. The summed E-state index contributed by atoms with van der Waals surface area (Å²) in [6.07, 6.45) is -3.68. The van der Waals surface area contributed by atoms with E-state index in [1.807, 2.05) is 0 Å². The summed E-state index contributed by atoms with van der Waals surface area (Å²) < 4.78 is 67.1. The number of nitrogens with zero attached hydrogens (tertiary/aromatic N) is 6. The Kier molecular flexibility index (Phi) is 5.73. The van der Waals surface area contributed by atoms with Gasteiger partial charge in [0.2, 0.25) is 5.91 Å². The highest BCUT2D eigenvalue weighted by molar-refractivity contribution is 6.00. The van der Waals surface area contributed by atoms with Gasteiger partial charge in [0.25, 0.3) is 6.43 Å². The molecule has 1 aliphatic rings. The van der Waals surface area contributed by atoms with Crippen LogP contribution in [0.15, 0.2) is 55.0 Å². The lowest BCUT2D eigenvalue weighted by Crippen LogP contribution is -2.26. The molecule has 184 valence electrons. The third-order valence-electron chi connectivity index (χ3n) is 5.75. The Bertz CT molecular complexity index is 1450. The summed E-state index contributed by atoms with van der Waals surface area (Å²) in [5.41, 5.74) is 0.378. The maximum atomic E-state index is 13.4. The molecular formula is C24H17F5N6O. The van der Waals surface area contributed by atoms with Gasteiger partial charge in [0, 0.05) is 42.3 Å². The summed E-state index contributed by atoms with van der Waals surface area (Å²) in [7, 11) is 1.48. The van der Waals surface area contributed by atoms with Crippen molar-refractivity contribution in [3.05, 3.63) is 77.5 Å². The topological polar surface area (TPSA) is 76.8 Å². The molecule has 0 unspecified atom stereocenters. The van der Waals surface area contributed by atoms with Crippen LogP contribution in [0.4, 0.5) is 27.8 Å². The van der Waals surface area contributed by atoms with Crippen molar-refractivity contribution < 1.29 is 26.7 Å². The first-order chi connectivity index (χ1) is 17.1. The molecule has 0 N–H and O–H groups in total. The van der Waals surface area contributed by atoms with Gasteiger partial charge in [-0.05, 0) is 17.7 Å². The Balaban J connectivity index is 1.42. The number of fused-ring (bicyclic) bond motifs is 1. The Labute approximate surface area is 201 Å². The average Bonchev–Trinajstić information content (AvgIpc) is 3.39. The zero-order chi connectivity index (χ0) is 25.6. The van der Waals surface area contributed by atoms with Crippen LogP contribution in [0, 0.1) is 0 Å². The van der Waals surface area contributed by atoms with E-state index in [0.717, 1.165) is 6.20 Å². The molecule has 1 aromatic carbocycles. The van der Waals surface area contributed by atoms with E-state index in [4.69, 9.17) is 0 Å². The van der Waals surface area contributed by atoms with Crippen LogP contribution in [0.25, 0.3) is 22.8 Å². The molecule has 0 spiro atoms. The first-order valence-electron chi connectivity index (χ1n) is 10.7. The van der Waals surface area contributed by atoms with E-state index in [-0.39, 0.29) is 36.1 Å². The lowest BCUT2D eigenvalue weighted by molar-refractivity contribution is -0.140. The molecule has 36 heavy (non-hydrogen) atoms. The third kappa shape index (κ3) is 4.30. The van der Waals surface area contributed by atoms with E-state index in [9.17, 15) is 26.7 Å². The van der Waals surface area contributed by atoms with Crippen molar-refractivity contribution in [2.24, 2.45) is 7.05 Å². The smallest absolute Gasteiger partial charge is 0.333 e. The van der Waals surface area contributed by atoms with Crippen molar-refractivity contribution in [3.63, 3.8) is 0 Å². The van der Waals surface area contributed by atoms with E-state index in [1.165, 1.54) is 41.0 Å². The Hall–Kier alpha value is -4.22. The first kappa shape index (κ1) is 23.5. The van der Waals surface area contributed by atoms with Gasteiger partial charge in [-0.15, -0.1) is 0 Å². The number of hydrogen-bond acceptors (Lipinski definition) is 5. The van der Waals surface area contributed by atoms with Crippen LogP contribution in [0.2, 0.25) is 0 Å². The number of aryl methyl sites for hydroxylation is 1. The van der Waals surface area contributed by atoms with Crippen molar-refractivity contribution in [1.82, 2.24) is 24.5 Å². The van der Waals surface area contributed by atoms with Crippen LogP contribution in [0.3, 0.4) is 0 Å². The standard InChI is InChI=1S/C24H17F5N6O/c1-34-12-17(24(27,28)29)32-22(34)14-6-4-13(5-7-14)11-35-18(36)9-15-10-31-21(33-23(15)35)16-3-2-8-30-19(16)20(25)26/h2-8,10,12,20H,9,11H2,1H3. The summed E-state index contributed by atoms with van der Waals surface area (Å²) in [6.45, 7) is 0.131. The summed E-state index contributed by atoms with van der Waals surface area (Å²) in [5, 5.41) is 0. The number of hydrogen-bond donors (Lipinski definition) is 0. The molecule has 12 heteroatoms. The largest absolute Gasteiger partial charge is 0.434 e. The number of benzene rings is 1. The number of halogens is 5. The van der Waals surface area contributed by atoms with Gasteiger partial charge < -0.3 is 4.57 Å². The van der Waals surface area contributed by atoms with Crippen LogP contribution in [-0.2, 0) is 31.0 Å². The number of imidazole rings is 1. The fourth-order valence-electron chi connectivity index (χ4n) is 4.02. The molecule has 4 heterocycles.